The summed E-state index contributed by atoms with van der Waals surface area (Å²) < 4.78 is 5.71. The Morgan fingerprint density at radius 1 is 1.14 bits per heavy atom. The molecular weight excluding hydrogens is 367 g/mol. The van der Waals surface area contributed by atoms with Gasteiger partial charge in [0.05, 0.1) is 5.70 Å². The van der Waals surface area contributed by atoms with Crippen molar-refractivity contribution in [2.75, 3.05) is 13.2 Å². The number of hydrazine groups is 1. The van der Waals surface area contributed by atoms with Gasteiger partial charge in [-0.05, 0) is 29.7 Å². The van der Waals surface area contributed by atoms with Gasteiger partial charge in [-0.1, -0.05) is 63.2 Å². The van der Waals surface area contributed by atoms with Crippen LogP contribution in [0.5, 0.6) is 5.75 Å². The van der Waals surface area contributed by atoms with Crippen molar-refractivity contribution < 1.29 is 4.74 Å². The van der Waals surface area contributed by atoms with Crippen LogP contribution in [0.15, 0.2) is 66.5 Å². The number of nitrogens with one attached hydrogen (secondary N) is 1. The van der Waals surface area contributed by atoms with E-state index in [0.29, 0.717) is 12.3 Å². The van der Waals surface area contributed by atoms with Crippen LogP contribution >= 0.6 is 9.24 Å². The van der Waals surface area contributed by atoms with Crippen LogP contribution in [-0.2, 0) is 6.54 Å². The molecule has 0 saturated heterocycles. The van der Waals surface area contributed by atoms with E-state index in [2.05, 4.69) is 45.7 Å². The molecule has 2 aromatic rings. The Balaban J connectivity index is 0.00000190. The summed E-state index contributed by atoms with van der Waals surface area (Å²) in [4.78, 5) is 0. The first-order valence-electron chi connectivity index (χ1n) is 9.81. The largest absolute Gasteiger partial charge is 0.487 e. The molecule has 0 aromatic heterocycles. The molecule has 6 heteroatoms. The standard InChI is InChI=1S/C20H29N4OP.C2H6/c1-2-12-24(22)14-18(21)15-25-19-10-8-17(9-11-19)20(26)23-13-16-6-4-3-5-7-16;1-2/h3-11,14,20,23H,2,12-13,15,21-22,26H2,1H3;1-2H3/b18-14-;. The van der Waals surface area contributed by atoms with Crippen molar-refractivity contribution in [3.8, 4) is 5.75 Å². The molecule has 154 valence electrons. The van der Waals surface area contributed by atoms with E-state index in [0.717, 1.165) is 25.3 Å². The summed E-state index contributed by atoms with van der Waals surface area (Å²) >= 11 is 0. The molecule has 0 heterocycles. The molecule has 0 aliphatic rings. The highest BCUT2D eigenvalue weighted by molar-refractivity contribution is 7.17. The van der Waals surface area contributed by atoms with Gasteiger partial charge in [0.25, 0.3) is 0 Å². The van der Waals surface area contributed by atoms with Gasteiger partial charge in [0, 0.05) is 25.1 Å². The molecule has 0 saturated carbocycles. The summed E-state index contributed by atoms with van der Waals surface area (Å²) in [5.41, 5.74) is 8.96. The Labute approximate surface area is 172 Å². The van der Waals surface area contributed by atoms with Crippen LogP contribution in [0.4, 0.5) is 0 Å². The van der Waals surface area contributed by atoms with Gasteiger partial charge in [-0.25, -0.2) is 5.84 Å². The number of benzene rings is 2. The minimum atomic E-state index is 0.175. The second-order valence-corrected chi connectivity index (χ2v) is 6.81. The van der Waals surface area contributed by atoms with Crippen molar-refractivity contribution in [2.24, 2.45) is 11.6 Å². The fourth-order valence-electron chi connectivity index (χ4n) is 2.45. The molecule has 28 heavy (non-hydrogen) atoms. The number of rotatable bonds is 10. The van der Waals surface area contributed by atoms with Crippen molar-refractivity contribution >= 4 is 9.24 Å². The van der Waals surface area contributed by atoms with Crippen LogP contribution in [-0.4, -0.2) is 18.2 Å². The highest BCUT2D eigenvalue weighted by atomic mass is 31.0. The van der Waals surface area contributed by atoms with Crippen molar-refractivity contribution in [1.29, 1.82) is 0 Å². The van der Waals surface area contributed by atoms with Crippen molar-refractivity contribution in [1.82, 2.24) is 10.3 Å². The molecule has 0 bridgehead atoms. The van der Waals surface area contributed by atoms with Crippen LogP contribution in [0.1, 0.15) is 44.1 Å². The molecule has 5 N–H and O–H groups in total. The molecule has 0 spiro atoms. The molecule has 0 amide bonds. The average Bonchev–Trinajstić information content (AvgIpc) is 2.73. The molecule has 2 aromatic carbocycles. The zero-order valence-electron chi connectivity index (χ0n) is 17.3. The van der Waals surface area contributed by atoms with Gasteiger partial charge in [-0.2, -0.15) is 0 Å². The second kappa shape index (κ2) is 14.0. The Morgan fingerprint density at radius 3 is 2.39 bits per heavy atom. The highest BCUT2D eigenvalue weighted by Crippen LogP contribution is 2.23. The first-order chi connectivity index (χ1) is 13.6. The summed E-state index contributed by atoms with van der Waals surface area (Å²) in [5.74, 6) is 6.75. The number of nitrogens with zero attached hydrogens (tertiary/aromatic N) is 1. The lowest BCUT2D eigenvalue weighted by Crippen LogP contribution is -2.28. The molecule has 5 nitrogen and oxygen atoms in total. The highest BCUT2D eigenvalue weighted by Gasteiger charge is 2.05. The number of nitrogens with two attached hydrogens (primary N) is 2. The Morgan fingerprint density at radius 2 is 1.79 bits per heavy atom. The summed E-state index contributed by atoms with van der Waals surface area (Å²) in [6.45, 7) is 7.96. The lowest BCUT2D eigenvalue weighted by Gasteiger charge is -2.16. The van der Waals surface area contributed by atoms with Crippen molar-refractivity contribution in [3.05, 3.63) is 77.6 Å². The maximum absolute atomic E-state index is 5.93. The third-order valence-corrected chi connectivity index (χ3v) is 4.45. The molecule has 0 aliphatic carbocycles. The van der Waals surface area contributed by atoms with E-state index in [1.54, 1.807) is 11.2 Å². The zero-order chi connectivity index (χ0) is 20.8. The van der Waals surface area contributed by atoms with Crippen molar-refractivity contribution in [2.45, 2.75) is 39.5 Å². The summed E-state index contributed by atoms with van der Waals surface area (Å²) in [6.07, 6.45) is 2.68. The van der Waals surface area contributed by atoms with Gasteiger partial charge in [0.15, 0.2) is 0 Å². The third-order valence-electron chi connectivity index (χ3n) is 3.83. The summed E-state index contributed by atoms with van der Waals surface area (Å²) in [7, 11) is 2.83. The van der Waals surface area contributed by atoms with E-state index in [1.807, 2.05) is 44.2 Å². The smallest absolute Gasteiger partial charge is 0.129 e. The Bertz CT molecular complexity index is 677. The third kappa shape index (κ3) is 9.23. The minimum Gasteiger partial charge on any atom is -0.487 e. The molecule has 0 aliphatic heterocycles. The number of hydrogen-bond donors (Lipinski definition) is 3. The lowest BCUT2D eigenvalue weighted by atomic mass is 10.2. The van der Waals surface area contributed by atoms with E-state index in [1.165, 1.54) is 11.1 Å². The quantitative estimate of drug-likeness (QED) is 0.316. The van der Waals surface area contributed by atoms with Crippen LogP contribution in [0.2, 0.25) is 0 Å². The van der Waals surface area contributed by atoms with E-state index < -0.39 is 0 Å². The van der Waals surface area contributed by atoms with Gasteiger partial charge >= 0.3 is 0 Å². The first kappa shape index (κ1) is 24.0. The number of hydrogen-bond acceptors (Lipinski definition) is 5. The summed E-state index contributed by atoms with van der Waals surface area (Å²) in [6, 6.07) is 18.4. The molecule has 2 unspecified atom stereocenters. The van der Waals surface area contributed by atoms with E-state index in [9.17, 15) is 0 Å². The van der Waals surface area contributed by atoms with Gasteiger partial charge in [-0.15, -0.1) is 9.24 Å². The monoisotopic (exact) mass is 402 g/mol. The maximum Gasteiger partial charge on any atom is 0.129 e. The minimum absolute atomic E-state index is 0.175. The van der Waals surface area contributed by atoms with Gasteiger partial charge in [0.2, 0.25) is 0 Å². The first-order valence-corrected chi connectivity index (χ1v) is 10.5. The topological polar surface area (TPSA) is 76.5 Å². The van der Waals surface area contributed by atoms with E-state index >= 15 is 0 Å². The van der Waals surface area contributed by atoms with Crippen molar-refractivity contribution in [3.63, 3.8) is 0 Å². The molecular formula is C22H35N4OP. The van der Waals surface area contributed by atoms with Gasteiger partial charge < -0.3 is 20.8 Å². The Kier molecular flexibility index (Phi) is 12.0. The molecule has 2 atom stereocenters. The van der Waals surface area contributed by atoms with Gasteiger partial charge in [-0.3, -0.25) is 0 Å². The van der Waals surface area contributed by atoms with Crippen LogP contribution in [0.3, 0.4) is 0 Å². The fraction of sp³-hybridized carbons (Fsp3) is 0.364. The number of ether oxygens (including phenoxy) is 1. The van der Waals surface area contributed by atoms with Crippen LogP contribution < -0.4 is 21.6 Å². The summed E-state index contributed by atoms with van der Waals surface area (Å²) in [5, 5.41) is 5.07. The normalized spacial score (nSPS) is 12.0. The van der Waals surface area contributed by atoms with E-state index in [4.69, 9.17) is 16.3 Å². The predicted molar refractivity (Wildman–Crippen MR) is 122 cm³/mol. The average molecular weight is 403 g/mol. The molecule has 0 radical (unpaired) electrons. The van der Waals surface area contributed by atoms with Gasteiger partial charge in [0.1, 0.15) is 12.4 Å². The Hall–Kier alpha value is -2.07. The molecule has 2 rings (SSSR count). The maximum atomic E-state index is 5.93. The molecule has 0 fully saturated rings. The lowest BCUT2D eigenvalue weighted by molar-refractivity contribution is 0.337. The second-order valence-electron chi connectivity index (χ2n) is 6.14. The predicted octanol–water partition coefficient (Wildman–Crippen LogP) is 4.14. The fourth-order valence-corrected chi connectivity index (χ4v) is 2.79. The SMILES string of the molecule is CC.CCCN(N)/C=C(\N)COc1ccc(C(P)NCc2ccccc2)cc1. The van der Waals surface area contributed by atoms with Crippen LogP contribution in [0.25, 0.3) is 0 Å². The van der Waals surface area contributed by atoms with Crippen LogP contribution in [0, 0.1) is 0 Å². The zero-order valence-corrected chi connectivity index (χ0v) is 18.4. The van der Waals surface area contributed by atoms with E-state index in [-0.39, 0.29) is 5.78 Å².